The number of aryl methyl sites for hydroxylation is 1. The molecule has 38 heavy (non-hydrogen) atoms. The van der Waals surface area contributed by atoms with Crippen molar-refractivity contribution in [2.45, 2.75) is 57.5 Å². The zero-order valence-electron chi connectivity index (χ0n) is 21.6. The van der Waals surface area contributed by atoms with Gasteiger partial charge in [-0.1, -0.05) is 11.6 Å². The van der Waals surface area contributed by atoms with Crippen molar-refractivity contribution < 1.29 is 9.59 Å². The number of piperidine rings is 1. The molecule has 1 aliphatic carbocycles. The lowest BCUT2D eigenvalue weighted by molar-refractivity contribution is -0.117. The normalized spacial score (nSPS) is 21.6. The van der Waals surface area contributed by atoms with Crippen molar-refractivity contribution in [3.63, 3.8) is 0 Å². The van der Waals surface area contributed by atoms with E-state index >= 15 is 0 Å². The molecule has 1 saturated carbocycles. The van der Waals surface area contributed by atoms with E-state index < -0.39 is 0 Å². The first-order valence-corrected chi connectivity index (χ1v) is 13.8. The van der Waals surface area contributed by atoms with Crippen LogP contribution in [-0.4, -0.2) is 63.7 Å². The smallest absolute Gasteiger partial charge is 0.256 e. The molecule has 1 aromatic carbocycles. The molecule has 2 saturated heterocycles. The molecular weight excluding hydrogens is 502 g/mol. The number of aliphatic imine (C=N–C) groups is 1. The van der Waals surface area contributed by atoms with Gasteiger partial charge < -0.3 is 15.1 Å². The average molecular weight is 534 g/mol. The minimum Gasteiger partial charge on any atom is -0.354 e. The van der Waals surface area contributed by atoms with Crippen LogP contribution < -0.4 is 10.2 Å². The minimum absolute atomic E-state index is 0.0367. The molecule has 2 aliphatic heterocycles. The zero-order chi connectivity index (χ0) is 26.4. The Morgan fingerprint density at radius 2 is 1.97 bits per heavy atom. The lowest BCUT2D eigenvalue weighted by Gasteiger charge is -2.35. The monoisotopic (exact) mass is 533 g/mol. The van der Waals surface area contributed by atoms with Crippen molar-refractivity contribution in [3.05, 3.63) is 52.3 Å². The fourth-order valence-electron chi connectivity index (χ4n) is 5.61. The van der Waals surface area contributed by atoms with Gasteiger partial charge in [0.2, 0.25) is 5.91 Å². The maximum atomic E-state index is 13.9. The van der Waals surface area contributed by atoms with Crippen LogP contribution in [0.15, 0.2) is 35.5 Å². The summed E-state index contributed by atoms with van der Waals surface area (Å²) in [5.74, 6) is 0.795. The summed E-state index contributed by atoms with van der Waals surface area (Å²) < 4.78 is 1.81. The van der Waals surface area contributed by atoms with Crippen LogP contribution in [0, 0.1) is 12.8 Å². The van der Waals surface area contributed by atoms with Crippen LogP contribution in [0.4, 0.5) is 11.5 Å². The highest BCUT2D eigenvalue weighted by molar-refractivity contribution is 6.31. The summed E-state index contributed by atoms with van der Waals surface area (Å²) in [7, 11) is 0. The predicted molar refractivity (Wildman–Crippen MR) is 148 cm³/mol. The molecule has 1 N–H and O–H groups in total. The third-order valence-electron chi connectivity index (χ3n) is 7.87. The van der Waals surface area contributed by atoms with E-state index in [-0.39, 0.29) is 29.8 Å². The zero-order valence-corrected chi connectivity index (χ0v) is 22.3. The van der Waals surface area contributed by atoms with Crippen molar-refractivity contribution in [2.75, 3.05) is 29.9 Å². The van der Waals surface area contributed by atoms with Gasteiger partial charge >= 0.3 is 0 Å². The van der Waals surface area contributed by atoms with Gasteiger partial charge in [0.25, 0.3) is 5.91 Å². The van der Waals surface area contributed by atoms with Crippen LogP contribution in [0.3, 0.4) is 0 Å². The number of hydrogen-bond donors (Lipinski definition) is 1. The molecule has 3 fully saturated rings. The number of rotatable bonds is 6. The summed E-state index contributed by atoms with van der Waals surface area (Å²) in [4.78, 5) is 39.7. The number of benzene rings is 1. The molecule has 2 aromatic heterocycles. The fourth-order valence-corrected chi connectivity index (χ4v) is 5.78. The number of nitrogens with zero attached hydrogens (tertiary/aromatic N) is 6. The number of amides is 2. The summed E-state index contributed by atoms with van der Waals surface area (Å²) in [5.41, 5.74) is 3.55. The molecule has 2 atom stereocenters. The summed E-state index contributed by atoms with van der Waals surface area (Å²) in [6, 6.07) is 7.12. The number of anilines is 2. The predicted octanol–water partition coefficient (Wildman–Crippen LogP) is 4.69. The van der Waals surface area contributed by atoms with E-state index in [0.717, 1.165) is 74.3 Å². The Hall–Kier alpha value is -3.46. The highest BCUT2D eigenvalue weighted by atomic mass is 35.5. The number of likely N-dealkylation sites (tertiary alicyclic amines) is 1. The van der Waals surface area contributed by atoms with Crippen LogP contribution in [-0.2, 0) is 4.79 Å². The first-order chi connectivity index (χ1) is 18.4. The van der Waals surface area contributed by atoms with Gasteiger partial charge in [0, 0.05) is 48.4 Å². The van der Waals surface area contributed by atoms with Crippen molar-refractivity contribution in [1.82, 2.24) is 19.5 Å². The largest absolute Gasteiger partial charge is 0.354 e. The second-order valence-corrected chi connectivity index (χ2v) is 11.1. The van der Waals surface area contributed by atoms with Gasteiger partial charge in [-0.3, -0.25) is 14.6 Å². The molecule has 198 valence electrons. The van der Waals surface area contributed by atoms with Crippen molar-refractivity contribution in [2.24, 2.45) is 10.9 Å². The van der Waals surface area contributed by atoms with Crippen molar-refractivity contribution in [1.29, 1.82) is 0 Å². The highest BCUT2D eigenvalue weighted by Gasteiger charge is 2.34. The number of fused-ring (bicyclic) bond motifs is 1. The quantitative estimate of drug-likeness (QED) is 0.464. The molecule has 0 bridgehead atoms. The fraction of sp³-hybridized carbons (Fsp3) is 0.464. The van der Waals surface area contributed by atoms with Gasteiger partial charge in [0.15, 0.2) is 5.65 Å². The van der Waals surface area contributed by atoms with Crippen molar-refractivity contribution >= 4 is 47.3 Å². The Balaban J connectivity index is 1.30. The second kappa shape index (κ2) is 10.0. The number of carbonyl (C=O) groups is 2. The van der Waals surface area contributed by atoms with Crippen LogP contribution in [0.5, 0.6) is 0 Å². The Kier molecular flexibility index (Phi) is 6.55. The minimum atomic E-state index is -0.186. The van der Waals surface area contributed by atoms with E-state index in [9.17, 15) is 9.59 Å². The van der Waals surface area contributed by atoms with Crippen molar-refractivity contribution in [3.8, 4) is 0 Å². The van der Waals surface area contributed by atoms with Gasteiger partial charge in [-0.25, -0.2) is 9.50 Å². The second-order valence-electron chi connectivity index (χ2n) is 10.7. The standard InChI is InChI=1S/C28H32ClN7O2/c1-17-15-36-25(32-26(17)34-12-10-20(16-34)30-2)14-23(33-36)24-5-3-4-11-35(24)28(38)21-13-19(29)8-9-22(21)31-27(37)18-6-7-18/h8-9,13-15,18,20,24H,2-7,10-12,16H2,1H3,(H,31,37)/t20-,24-/m0/s1. The van der Waals surface area contributed by atoms with E-state index in [1.165, 1.54) is 0 Å². The topological polar surface area (TPSA) is 95.2 Å². The summed E-state index contributed by atoms with van der Waals surface area (Å²) in [6.07, 6.45) is 7.50. The molecule has 0 spiro atoms. The van der Waals surface area contributed by atoms with Crippen LogP contribution in [0.25, 0.3) is 5.65 Å². The van der Waals surface area contributed by atoms with Crippen LogP contribution in [0.2, 0.25) is 5.02 Å². The Morgan fingerprint density at radius 3 is 2.74 bits per heavy atom. The maximum absolute atomic E-state index is 13.9. The average Bonchev–Trinajstić information content (AvgIpc) is 3.53. The lowest BCUT2D eigenvalue weighted by Crippen LogP contribution is -2.39. The molecule has 9 nitrogen and oxygen atoms in total. The van der Waals surface area contributed by atoms with Gasteiger partial charge in [-0.15, -0.1) is 0 Å². The van der Waals surface area contributed by atoms with E-state index in [1.807, 2.05) is 28.6 Å². The summed E-state index contributed by atoms with van der Waals surface area (Å²) in [6.45, 7) is 8.08. The van der Waals surface area contributed by atoms with Gasteiger partial charge in [0.05, 0.1) is 29.0 Å². The van der Waals surface area contributed by atoms with E-state index in [1.54, 1.807) is 18.2 Å². The van der Waals surface area contributed by atoms with E-state index in [4.69, 9.17) is 21.7 Å². The molecule has 0 radical (unpaired) electrons. The van der Waals surface area contributed by atoms with Crippen LogP contribution >= 0.6 is 11.6 Å². The molecule has 2 amide bonds. The molecule has 3 aromatic rings. The third-order valence-corrected chi connectivity index (χ3v) is 8.10. The molecular formula is C28H32ClN7O2. The number of nitrogens with one attached hydrogen (secondary N) is 1. The van der Waals surface area contributed by atoms with Gasteiger partial charge in [-0.05, 0) is 70.4 Å². The molecule has 6 rings (SSSR count). The number of hydrogen-bond acceptors (Lipinski definition) is 6. The van der Waals surface area contributed by atoms with Crippen LogP contribution in [0.1, 0.15) is 66.2 Å². The Labute approximate surface area is 226 Å². The highest BCUT2D eigenvalue weighted by Crippen LogP contribution is 2.35. The van der Waals surface area contributed by atoms with E-state index in [2.05, 4.69) is 21.9 Å². The molecule has 4 heterocycles. The molecule has 10 heteroatoms. The van der Waals surface area contributed by atoms with Gasteiger partial charge in [-0.2, -0.15) is 5.10 Å². The number of aromatic nitrogens is 3. The summed E-state index contributed by atoms with van der Waals surface area (Å²) >= 11 is 6.30. The number of carbonyl (C=O) groups excluding carboxylic acids is 2. The Bertz CT molecular complexity index is 1420. The molecule has 0 unspecified atom stereocenters. The number of halogens is 1. The lowest BCUT2D eigenvalue weighted by atomic mass is 9.98. The van der Waals surface area contributed by atoms with Gasteiger partial charge in [0.1, 0.15) is 5.82 Å². The molecule has 3 aliphatic rings. The first-order valence-electron chi connectivity index (χ1n) is 13.4. The Morgan fingerprint density at radius 1 is 1.13 bits per heavy atom. The maximum Gasteiger partial charge on any atom is 0.256 e. The SMILES string of the molecule is C=N[C@H]1CCN(c2nc3cc([C@@H]4CCCCN4C(=O)c4cc(Cl)ccc4NC(=O)C4CC4)nn3cc2C)C1. The van der Waals surface area contributed by atoms with E-state index in [0.29, 0.717) is 22.8 Å². The summed E-state index contributed by atoms with van der Waals surface area (Å²) in [5, 5.41) is 8.27. The first kappa shape index (κ1) is 24.9. The third kappa shape index (κ3) is 4.75.